The van der Waals surface area contributed by atoms with Crippen molar-refractivity contribution in [2.75, 3.05) is 10.9 Å². The maximum absolute atomic E-state index is 12.4. The van der Waals surface area contributed by atoms with Crippen molar-refractivity contribution in [1.29, 1.82) is 0 Å². The van der Waals surface area contributed by atoms with Gasteiger partial charge in [0.05, 0.1) is 31.5 Å². The average Bonchev–Trinajstić information content (AvgIpc) is 2.72. The van der Waals surface area contributed by atoms with E-state index < -0.39 is 11.8 Å². The molecule has 0 aliphatic carbocycles. The third kappa shape index (κ3) is 6.04. The van der Waals surface area contributed by atoms with Crippen LogP contribution in [0.25, 0.3) is 0 Å². The Bertz CT molecular complexity index is 1050. The van der Waals surface area contributed by atoms with Gasteiger partial charge in [-0.3, -0.25) is 31.3 Å². The fraction of sp³-hybridized carbons (Fsp3) is 0. The molecule has 2 amide bonds. The van der Waals surface area contributed by atoms with Crippen molar-refractivity contribution in [3.8, 4) is 0 Å². The zero-order valence-corrected chi connectivity index (χ0v) is 20.2. The molecule has 3 aromatic carbocycles. The van der Waals surface area contributed by atoms with Crippen LogP contribution in [-0.2, 0) is 0 Å². The summed E-state index contributed by atoms with van der Waals surface area (Å²) in [5.41, 5.74) is 11.4. The SMILES string of the molecule is O=C(NNc1c(Cl)cc(Cl)cc1Cl)c1ccc(C(=O)NNc2c(Cl)cc(Cl)cc2Cl)cc1. The van der Waals surface area contributed by atoms with Gasteiger partial charge in [-0.25, -0.2) is 0 Å². The van der Waals surface area contributed by atoms with Crippen LogP contribution in [0.4, 0.5) is 11.4 Å². The van der Waals surface area contributed by atoms with Crippen molar-refractivity contribution in [3.63, 3.8) is 0 Å². The van der Waals surface area contributed by atoms with Gasteiger partial charge in [-0.1, -0.05) is 69.6 Å². The lowest BCUT2D eigenvalue weighted by Gasteiger charge is -2.13. The van der Waals surface area contributed by atoms with Gasteiger partial charge < -0.3 is 0 Å². The molecule has 0 unspecified atom stereocenters. The van der Waals surface area contributed by atoms with Crippen LogP contribution in [-0.4, -0.2) is 11.8 Å². The predicted molar refractivity (Wildman–Crippen MR) is 132 cm³/mol. The van der Waals surface area contributed by atoms with E-state index in [2.05, 4.69) is 21.7 Å². The quantitative estimate of drug-likeness (QED) is 0.245. The number of nitrogens with one attached hydrogen (secondary N) is 4. The number of hydrogen-bond acceptors (Lipinski definition) is 4. The molecule has 6 nitrogen and oxygen atoms in total. The molecule has 166 valence electrons. The Morgan fingerprint density at radius 1 is 0.531 bits per heavy atom. The van der Waals surface area contributed by atoms with E-state index in [0.29, 0.717) is 21.4 Å². The van der Waals surface area contributed by atoms with Crippen molar-refractivity contribution in [2.24, 2.45) is 0 Å². The molecule has 3 rings (SSSR count). The van der Waals surface area contributed by atoms with E-state index in [1.54, 1.807) is 0 Å². The minimum atomic E-state index is -0.475. The molecule has 32 heavy (non-hydrogen) atoms. The van der Waals surface area contributed by atoms with Crippen LogP contribution < -0.4 is 21.7 Å². The van der Waals surface area contributed by atoms with E-state index in [1.165, 1.54) is 48.5 Å². The maximum Gasteiger partial charge on any atom is 0.269 e. The summed E-state index contributed by atoms with van der Waals surface area (Å²) in [5, 5.41) is 1.68. The molecule has 0 fully saturated rings. The molecular formula is C20H12Cl6N4O2. The summed E-state index contributed by atoms with van der Waals surface area (Å²) in [5.74, 6) is -0.950. The zero-order chi connectivity index (χ0) is 23.4. The number of hydrazine groups is 2. The second-order valence-corrected chi connectivity index (χ2v) is 8.73. The number of hydrogen-bond donors (Lipinski definition) is 4. The van der Waals surface area contributed by atoms with E-state index in [9.17, 15) is 9.59 Å². The van der Waals surface area contributed by atoms with Crippen LogP contribution in [0.2, 0.25) is 30.1 Å². The molecule has 0 atom stereocenters. The van der Waals surface area contributed by atoms with Crippen molar-refractivity contribution >= 4 is 92.8 Å². The van der Waals surface area contributed by atoms with Crippen molar-refractivity contribution in [1.82, 2.24) is 10.9 Å². The van der Waals surface area contributed by atoms with Gasteiger partial charge in [0.25, 0.3) is 11.8 Å². The van der Waals surface area contributed by atoms with Crippen LogP contribution in [0.15, 0.2) is 48.5 Å². The lowest BCUT2D eigenvalue weighted by atomic mass is 10.1. The normalized spacial score (nSPS) is 10.4. The number of halogens is 6. The van der Waals surface area contributed by atoms with Gasteiger partial charge in [0.15, 0.2) is 0 Å². The van der Waals surface area contributed by atoms with Crippen LogP contribution in [0.5, 0.6) is 0 Å². The Kier molecular flexibility index (Phi) is 8.22. The summed E-state index contributed by atoms with van der Waals surface area (Å²) >= 11 is 36.0. The van der Waals surface area contributed by atoms with Crippen LogP contribution in [0.3, 0.4) is 0 Å². The standard InChI is InChI=1S/C20H12Cl6N4O2/c21-11-5-13(23)17(14(24)6-11)27-29-19(31)9-1-2-10(4-3-9)20(32)30-28-18-15(25)7-12(22)8-16(18)26/h1-8,27-28H,(H,29,31)(H,30,32). The van der Waals surface area contributed by atoms with E-state index in [-0.39, 0.29) is 31.2 Å². The number of benzene rings is 3. The monoisotopic (exact) mass is 550 g/mol. The molecule has 3 aromatic rings. The average molecular weight is 553 g/mol. The lowest BCUT2D eigenvalue weighted by molar-refractivity contribution is 0.0951. The lowest BCUT2D eigenvalue weighted by Crippen LogP contribution is -2.31. The van der Waals surface area contributed by atoms with E-state index in [0.717, 1.165) is 0 Å². The van der Waals surface area contributed by atoms with Crippen LogP contribution >= 0.6 is 69.6 Å². The fourth-order valence-corrected chi connectivity index (χ4v) is 4.30. The van der Waals surface area contributed by atoms with E-state index in [4.69, 9.17) is 69.6 Å². The van der Waals surface area contributed by atoms with Crippen molar-refractivity contribution in [2.45, 2.75) is 0 Å². The predicted octanol–water partition coefficient (Wildman–Crippen LogP) is 7.12. The molecule has 0 radical (unpaired) electrons. The van der Waals surface area contributed by atoms with Crippen LogP contribution in [0.1, 0.15) is 20.7 Å². The Morgan fingerprint density at radius 3 is 1.09 bits per heavy atom. The molecule has 0 heterocycles. The second kappa shape index (κ2) is 10.7. The molecule has 0 saturated carbocycles. The Labute approximate surface area is 213 Å². The number of carbonyl (C=O) groups excluding carboxylic acids is 2. The highest BCUT2D eigenvalue weighted by Crippen LogP contribution is 2.34. The summed E-state index contributed by atoms with van der Waals surface area (Å²) in [6, 6.07) is 11.8. The largest absolute Gasteiger partial charge is 0.295 e. The van der Waals surface area contributed by atoms with Gasteiger partial charge in [0.2, 0.25) is 0 Å². The third-order valence-corrected chi connectivity index (χ3v) is 5.65. The van der Waals surface area contributed by atoms with Gasteiger partial charge in [0, 0.05) is 21.2 Å². The second-order valence-electron chi connectivity index (χ2n) is 6.22. The number of rotatable bonds is 6. The highest BCUT2D eigenvalue weighted by atomic mass is 35.5. The summed E-state index contributed by atoms with van der Waals surface area (Å²) in [6.45, 7) is 0. The number of anilines is 2. The van der Waals surface area contributed by atoms with E-state index >= 15 is 0 Å². The van der Waals surface area contributed by atoms with Crippen molar-refractivity contribution < 1.29 is 9.59 Å². The molecule has 0 bridgehead atoms. The maximum atomic E-state index is 12.4. The Balaban J connectivity index is 1.61. The highest BCUT2D eigenvalue weighted by molar-refractivity contribution is 6.42. The molecule has 0 spiro atoms. The van der Waals surface area contributed by atoms with Crippen LogP contribution in [0, 0.1) is 0 Å². The number of carbonyl (C=O) groups is 2. The first-order chi connectivity index (χ1) is 15.2. The fourth-order valence-electron chi connectivity index (χ4n) is 2.48. The topological polar surface area (TPSA) is 82.3 Å². The molecule has 0 aliphatic heterocycles. The minimum Gasteiger partial charge on any atom is -0.295 e. The first kappa shape index (κ1) is 24.6. The van der Waals surface area contributed by atoms with E-state index in [1.807, 2.05) is 0 Å². The summed E-state index contributed by atoms with van der Waals surface area (Å²) < 4.78 is 0. The Hall–Kier alpha value is -2.06. The molecular weight excluding hydrogens is 541 g/mol. The van der Waals surface area contributed by atoms with Gasteiger partial charge in [-0.05, 0) is 48.5 Å². The first-order valence-electron chi connectivity index (χ1n) is 8.67. The third-order valence-electron chi connectivity index (χ3n) is 4.03. The zero-order valence-electron chi connectivity index (χ0n) is 15.7. The molecule has 12 heteroatoms. The van der Waals surface area contributed by atoms with Crippen molar-refractivity contribution in [3.05, 3.63) is 89.8 Å². The Morgan fingerprint density at radius 2 is 0.812 bits per heavy atom. The van der Waals surface area contributed by atoms with Gasteiger partial charge in [-0.2, -0.15) is 0 Å². The first-order valence-corrected chi connectivity index (χ1v) is 10.9. The van der Waals surface area contributed by atoms with Gasteiger partial charge >= 0.3 is 0 Å². The van der Waals surface area contributed by atoms with Gasteiger partial charge in [0.1, 0.15) is 0 Å². The number of amides is 2. The molecule has 4 N–H and O–H groups in total. The molecule has 0 aliphatic rings. The highest BCUT2D eigenvalue weighted by Gasteiger charge is 2.13. The summed E-state index contributed by atoms with van der Waals surface area (Å²) in [4.78, 5) is 24.7. The minimum absolute atomic E-state index is 0.239. The molecule has 0 aromatic heterocycles. The summed E-state index contributed by atoms with van der Waals surface area (Å²) in [7, 11) is 0. The van der Waals surface area contributed by atoms with Gasteiger partial charge in [-0.15, -0.1) is 0 Å². The summed E-state index contributed by atoms with van der Waals surface area (Å²) in [6.07, 6.45) is 0. The molecule has 0 saturated heterocycles. The smallest absolute Gasteiger partial charge is 0.269 e.